The van der Waals surface area contributed by atoms with Gasteiger partial charge in [-0.25, -0.2) is 15.0 Å². The summed E-state index contributed by atoms with van der Waals surface area (Å²) in [6.07, 6.45) is 13.1. The van der Waals surface area contributed by atoms with Crippen molar-refractivity contribution >= 4 is 29.5 Å². The molecule has 0 bridgehead atoms. The van der Waals surface area contributed by atoms with Crippen LogP contribution in [0.4, 0.5) is 11.4 Å². The number of amidine groups is 1. The Balaban J connectivity index is 1.33. The molecule has 34 heavy (non-hydrogen) atoms. The van der Waals surface area contributed by atoms with Gasteiger partial charge in [0.05, 0.1) is 42.1 Å². The predicted molar refractivity (Wildman–Crippen MR) is 128 cm³/mol. The Bertz CT molecular complexity index is 1360. The van der Waals surface area contributed by atoms with E-state index in [0.29, 0.717) is 22.9 Å². The first-order valence-electron chi connectivity index (χ1n) is 10.7. The van der Waals surface area contributed by atoms with Crippen LogP contribution in [0.5, 0.6) is 0 Å². The monoisotopic (exact) mass is 451 g/mol. The van der Waals surface area contributed by atoms with Gasteiger partial charge in [0.25, 0.3) is 5.91 Å². The number of hydrogen-bond acceptors (Lipinski definition) is 7. The molecule has 4 aromatic rings. The van der Waals surface area contributed by atoms with Crippen LogP contribution in [-0.4, -0.2) is 42.6 Å². The molecule has 1 saturated carbocycles. The zero-order valence-corrected chi connectivity index (χ0v) is 18.1. The van der Waals surface area contributed by atoms with Crippen LogP contribution < -0.4 is 10.2 Å². The van der Waals surface area contributed by atoms with E-state index < -0.39 is 0 Å². The van der Waals surface area contributed by atoms with Gasteiger partial charge in [-0.2, -0.15) is 0 Å². The third-order valence-corrected chi connectivity index (χ3v) is 5.46. The molecule has 10 heteroatoms. The number of amides is 1. The van der Waals surface area contributed by atoms with Crippen LogP contribution in [0.15, 0.2) is 73.8 Å². The van der Waals surface area contributed by atoms with Gasteiger partial charge in [-0.05, 0) is 37.1 Å². The lowest BCUT2D eigenvalue weighted by molar-refractivity contribution is 0.102. The van der Waals surface area contributed by atoms with Gasteiger partial charge in [0.1, 0.15) is 17.9 Å². The number of pyridine rings is 1. The summed E-state index contributed by atoms with van der Waals surface area (Å²) in [5.74, 6) is 0.232. The second-order valence-electron chi connectivity index (χ2n) is 7.86. The number of rotatable bonds is 7. The van der Waals surface area contributed by atoms with E-state index in [1.54, 1.807) is 42.9 Å². The first-order chi connectivity index (χ1) is 16.6. The highest BCUT2D eigenvalue weighted by molar-refractivity contribution is 6.17. The summed E-state index contributed by atoms with van der Waals surface area (Å²) < 4.78 is 1.90. The number of aromatic nitrogens is 5. The highest BCUT2D eigenvalue weighted by atomic mass is 16.1. The molecule has 0 unspecified atom stereocenters. The maximum Gasteiger partial charge on any atom is 0.274 e. The molecule has 1 aromatic carbocycles. The Labute approximate surface area is 195 Å². The molecule has 3 N–H and O–H groups in total. The van der Waals surface area contributed by atoms with E-state index in [4.69, 9.17) is 10.8 Å². The van der Waals surface area contributed by atoms with Crippen LogP contribution in [0.25, 0.3) is 5.69 Å². The summed E-state index contributed by atoms with van der Waals surface area (Å²) in [5.41, 5.74) is 3.65. The molecule has 1 aliphatic rings. The van der Waals surface area contributed by atoms with Crippen molar-refractivity contribution in [1.29, 1.82) is 10.8 Å². The summed E-state index contributed by atoms with van der Waals surface area (Å²) in [5, 5.41) is 19.0. The van der Waals surface area contributed by atoms with E-state index in [1.165, 1.54) is 36.5 Å². The Kier molecular flexibility index (Phi) is 5.61. The van der Waals surface area contributed by atoms with Crippen LogP contribution in [0, 0.1) is 10.8 Å². The average molecular weight is 451 g/mol. The van der Waals surface area contributed by atoms with Gasteiger partial charge >= 0.3 is 0 Å². The number of carbonyl (C=O) groups is 1. The molecule has 3 aromatic heterocycles. The maximum absolute atomic E-state index is 12.9. The minimum Gasteiger partial charge on any atom is -0.321 e. The summed E-state index contributed by atoms with van der Waals surface area (Å²) in [4.78, 5) is 30.8. The normalized spacial score (nSPS) is 12.7. The SMILES string of the molecule is N=CN(C(=N)c1cccc(NC(=O)c2cc(-n3cnc(C4CC4)c3)ccn2)c1)c1cncnc1. The van der Waals surface area contributed by atoms with Gasteiger partial charge < -0.3 is 9.88 Å². The second-order valence-corrected chi connectivity index (χ2v) is 7.86. The molecule has 168 valence electrons. The van der Waals surface area contributed by atoms with Crippen molar-refractivity contribution in [2.75, 3.05) is 10.2 Å². The Morgan fingerprint density at radius 1 is 1.15 bits per heavy atom. The molecule has 0 atom stereocenters. The number of anilines is 2. The molecule has 0 spiro atoms. The van der Waals surface area contributed by atoms with Gasteiger partial charge in [-0.3, -0.25) is 25.5 Å². The molecule has 1 amide bonds. The molecule has 0 radical (unpaired) electrons. The summed E-state index contributed by atoms with van der Waals surface area (Å²) in [6, 6.07) is 10.4. The second kappa shape index (κ2) is 9.02. The zero-order valence-electron chi connectivity index (χ0n) is 18.1. The number of imidazole rings is 1. The largest absolute Gasteiger partial charge is 0.321 e. The fraction of sp³-hybridized carbons (Fsp3) is 0.125. The van der Waals surface area contributed by atoms with Gasteiger partial charge in [-0.1, -0.05) is 12.1 Å². The van der Waals surface area contributed by atoms with Crippen LogP contribution in [-0.2, 0) is 0 Å². The summed E-state index contributed by atoms with van der Waals surface area (Å²) in [6.45, 7) is 0. The number of benzene rings is 1. The van der Waals surface area contributed by atoms with E-state index >= 15 is 0 Å². The first-order valence-corrected chi connectivity index (χ1v) is 10.7. The standard InChI is InChI=1S/C24H21N9O/c25-13-33(20-10-27-14-28-11-20)23(26)17-2-1-3-18(8-17)31-24(34)21-9-19(6-7-29-21)32-12-22(30-15-32)16-4-5-16/h1-3,6-16,25-26H,4-5H2,(H,31,34). The molecule has 0 saturated heterocycles. The van der Waals surface area contributed by atoms with Crippen LogP contribution >= 0.6 is 0 Å². The Hall–Kier alpha value is -4.73. The molecule has 1 fully saturated rings. The lowest BCUT2D eigenvalue weighted by atomic mass is 10.1. The third kappa shape index (κ3) is 4.42. The topological polar surface area (TPSA) is 137 Å². The van der Waals surface area contributed by atoms with Crippen LogP contribution in [0.2, 0.25) is 0 Å². The average Bonchev–Trinajstić information content (AvgIpc) is 3.61. The van der Waals surface area contributed by atoms with E-state index in [1.807, 2.05) is 16.8 Å². The van der Waals surface area contributed by atoms with Crippen molar-refractivity contribution in [3.05, 3.63) is 90.8 Å². The van der Waals surface area contributed by atoms with Gasteiger partial charge in [0, 0.05) is 29.6 Å². The number of carbonyl (C=O) groups excluding carboxylic acids is 1. The first kappa shape index (κ1) is 21.1. The van der Waals surface area contributed by atoms with Crippen molar-refractivity contribution in [1.82, 2.24) is 24.5 Å². The number of nitrogens with one attached hydrogen (secondary N) is 3. The smallest absolute Gasteiger partial charge is 0.274 e. The zero-order chi connectivity index (χ0) is 23.5. The van der Waals surface area contributed by atoms with E-state index in [-0.39, 0.29) is 17.4 Å². The highest BCUT2D eigenvalue weighted by Crippen LogP contribution is 2.39. The number of nitrogens with zero attached hydrogens (tertiary/aromatic N) is 6. The minimum atomic E-state index is -0.367. The van der Waals surface area contributed by atoms with Crippen molar-refractivity contribution < 1.29 is 4.79 Å². The molecule has 10 nitrogen and oxygen atoms in total. The van der Waals surface area contributed by atoms with Crippen molar-refractivity contribution in [3.63, 3.8) is 0 Å². The summed E-state index contributed by atoms with van der Waals surface area (Å²) >= 11 is 0. The third-order valence-electron chi connectivity index (χ3n) is 5.46. The predicted octanol–water partition coefficient (Wildman–Crippen LogP) is 3.63. The van der Waals surface area contributed by atoms with Gasteiger partial charge in [-0.15, -0.1) is 0 Å². The quantitative estimate of drug-likeness (QED) is 0.290. The maximum atomic E-state index is 12.9. The van der Waals surface area contributed by atoms with Crippen LogP contribution in [0.1, 0.15) is 40.5 Å². The number of hydrogen-bond donors (Lipinski definition) is 3. The molecule has 5 rings (SSSR count). The van der Waals surface area contributed by atoms with Gasteiger partial charge in [0.2, 0.25) is 0 Å². The fourth-order valence-corrected chi connectivity index (χ4v) is 3.54. The minimum absolute atomic E-state index is 0.0487. The van der Waals surface area contributed by atoms with Crippen molar-refractivity contribution in [2.24, 2.45) is 0 Å². The Morgan fingerprint density at radius 3 is 2.74 bits per heavy atom. The van der Waals surface area contributed by atoms with Crippen molar-refractivity contribution in [3.8, 4) is 5.69 Å². The lowest BCUT2D eigenvalue weighted by Crippen LogP contribution is -2.29. The molecule has 3 heterocycles. The molecular weight excluding hydrogens is 430 g/mol. The Morgan fingerprint density at radius 2 is 1.97 bits per heavy atom. The highest BCUT2D eigenvalue weighted by Gasteiger charge is 2.26. The van der Waals surface area contributed by atoms with Crippen molar-refractivity contribution in [2.45, 2.75) is 18.8 Å². The van der Waals surface area contributed by atoms with E-state index in [0.717, 1.165) is 17.7 Å². The molecule has 1 aliphatic carbocycles. The fourth-order valence-electron chi connectivity index (χ4n) is 3.54. The molecule has 0 aliphatic heterocycles. The van der Waals surface area contributed by atoms with E-state index in [9.17, 15) is 4.79 Å². The summed E-state index contributed by atoms with van der Waals surface area (Å²) in [7, 11) is 0. The molecular formula is C24H21N9O. The van der Waals surface area contributed by atoms with Crippen LogP contribution in [0.3, 0.4) is 0 Å². The van der Waals surface area contributed by atoms with Gasteiger partial charge in [0.15, 0.2) is 0 Å². The van der Waals surface area contributed by atoms with E-state index in [2.05, 4.69) is 25.3 Å². The lowest BCUT2D eigenvalue weighted by Gasteiger charge is -2.19.